The Hall–Kier alpha value is -1.76. The van der Waals surface area contributed by atoms with Crippen molar-refractivity contribution in [2.24, 2.45) is 0 Å². The van der Waals surface area contributed by atoms with Crippen LogP contribution in [0.25, 0.3) is 0 Å². The third kappa shape index (κ3) is 2.54. The summed E-state index contributed by atoms with van der Waals surface area (Å²) in [4.78, 5) is 11.9. The van der Waals surface area contributed by atoms with Crippen molar-refractivity contribution in [3.8, 4) is 11.5 Å². The van der Waals surface area contributed by atoms with Crippen molar-refractivity contribution in [3.05, 3.63) is 17.7 Å². The zero-order valence-electron chi connectivity index (χ0n) is 12.9. The fourth-order valence-corrected chi connectivity index (χ4v) is 4.43. The molecule has 0 heterocycles. The number of methoxy groups -OCH3 is 2. The van der Waals surface area contributed by atoms with E-state index in [0.29, 0.717) is 12.8 Å². The first-order valence-electron chi connectivity index (χ1n) is 6.97. The van der Waals surface area contributed by atoms with Crippen molar-refractivity contribution in [2.45, 2.75) is 36.0 Å². The monoisotopic (exact) mass is 328 g/mol. The topological polar surface area (TPSA) is 89.9 Å². The lowest BCUT2D eigenvalue weighted by Crippen LogP contribution is -2.35. The van der Waals surface area contributed by atoms with Gasteiger partial charge in [-0.15, -0.1) is 0 Å². The predicted octanol–water partition coefficient (Wildman–Crippen LogP) is 2.00. The Kier molecular flexibility index (Phi) is 4.37. The summed E-state index contributed by atoms with van der Waals surface area (Å²) < 4.78 is 35.0. The normalized spacial score (nSPS) is 17.2. The minimum Gasteiger partial charge on any atom is -0.496 e. The molecule has 1 saturated carbocycles. The highest BCUT2D eigenvalue weighted by Gasteiger charge is 2.48. The standard InChI is InChI=1S/C15H20O6S/c1-20-10-6-7-11(21-2)13(22(3,18)19)12(10)15(14(16)17)8-4-5-9-15/h6-7H,4-5,8-9H2,1-3H3,(H,16,17). The van der Waals surface area contributed by atoms with Crippen molar-refractivity contribution >= 4 is 15.8 Å². The number of rotatable bonds is 5. The van der Waals surface area contributed by atoms with E-state index in [1.54, 1.807) is 6.07 Å². The van der Waals surface area contributed by atoms with Crippen molar-refractivity contribution < 1.29 is 27.8 Å². The molecule has 1 fully saturated rings. The Morgan fingerprint density at radius 1 is 1.14 bits per heavy atom. The summed E-state index contributed by atoms with van der Waals surface area (Å²) in [5.41, 5.74) is -1.04. The molecule has 0 spiro atoms. The van der Waals surface area contributed by atoms with Crippen LogP contribution in [-0.2, 0) is 20.0 Å². The van der Waals surface area contributed by atoms with Crippen LogP contribution in [0.1, 0.15) is 31.2 Å². The molecule has 0 amide bonds. The summed E-state index contributed by atoms with van der Waals surface area (Å²) in [6, 6.07) is 3.05. The first kappa shape index (κ1) is 16.6. The largest absolute Gasteiger partial charge is 0.496 e. The van der Waals surface area contributed by atoms with E-state index < -0.39 is 21.2 Å². The average Bonchev–Trinajstić information content (AvgIpc) is 2.95. The maximum atomic E-state index is 12.3. The van der Waals surface area contributed by atoms with E-state index in [2.05, 4.69) is 0 Å². The summed E-state index contributed by atoms with van der Waals surface area (Å²) in [6.45, 7) is 0. The Bertz CT molecular complexity index is 686. The Morgan fingerprint density at radius 2 is 1.64 bits per heavy atom. The fraction of sp³-hybridized carbons (Fsp3) is 0.533. The van der Waals surface area contributed by atoms with Gasteiger partial charge in [-0.25, -0.2) is 8.42 Å². The van der Waals surface area contributed by atoms with Crippen LogP contribution < -0.4 is 9.47 Å². The van der Waals surface area contributed by atoms with Gasteiger partial charge in [0.1, 0.15) is 16.4 Å². The molecular formula is C15H20O6S. The lowest BCUT2D eigenvalue weighted by Gasteiger charge is -2.29. The fourth-order valence-electron chi connectivity index (χ4n) is 3.25. The zero-order valence-corrected chi connectivity index (χ0v) is 13.7. The number of aliphatic carboxylic acids is 1. The van der Waals surface area contributed by atoms with Crippen LogP contribution in [-0.4, -0.2) is 40.0 Å². The van der Waals surface area contributed by atoms with Crippen molar-refractivity contribution in [1.82, 2.24) is 0 Å². The number of sulfone groups is 1. The van der Waals surface area contributed by atoms with E-state index in [4.69, 9.17) is 9.47 Å². The zero-order chi connectivity index (χ0) is 16.5. The number of benzene rings is 1. The first-order valence-corrected chi connectivity index (χ1v) is 8.86. The third-order valence-corrected chi connectivity index (χ3v) is 5.39. The number of hydrogen-bond acceptors (Lipinski definition) is 5. The number of carboxylic acids is 1. The molecule has 1 aromatic carbocycles. The van der Waals surface area contributed by atoms with Crippen molar-refractivity contribution in [3.63, 3.8) is 0 Å². The van der Waals surface area contributed by atoms with Crippen molar-refractivity contribution in [2.75, 3.05) is 20.5 Å². The molecule has 0 aromatic heterocycles. The molecule has 0 atom stereocenters. The molecule has 1 aliphatic rings. The van der Waals surface area contributed by atoms with Gasteiger partial charge in [0, 0.05) is 11.8 Å². The van der Waals surface area contributed by atoms with Crippen LogP contribution in [0.15, 0.2) is 17.0 Å². The molecule has 0 unspecified atom stereocenters. The van der Waals surface area contributed by atoms with Gasteiger partial charge in [0.2, 0.25) is 0 Å². The van der Waals surface area contributed by atoms with E-state index in [-0.39, 0.29) is 22.0 Å². The highest BCUT2D eigenvalue weighted by Crippen LogP contribution is 2.49. The van der Waals surface area contributed by atoms with Gasteiger partial charge in [0.15, 0.2) is 9.84 Å². The highest BCUT2D eigenvalue weighted by atomic mass is 32.2. The van der Waals surface area contributed by atoms with Crippen LogP contribution in [0, 0.1) is 0 Å². The quantitative estimate of drug-likeness (QED) is 0.889. The average molecular weight is 328 g/mol. The number of hydrogen-bond donors (Lipinski definition) is 1. The molecule has 7 heteroatoms. The number of ether oxygens (including phenoxy) is 2. The lowest BCUT2D eigenvalue weighted by molar-refractivity contribution is -0.143. The first-order chi connectivity index (χ1) is 10.3. The van der Waals surface area contributed by atoms with Gasteiger partial charge in [-0.3, -0.25) is 4.79 Å². The second-order valence-electron chi connectivity index (χ2n) is 5.54. The van der Waals surface area contributed by atoms with Crippen molar-refractivity contribution in [1.29, 1.82) is 0 Å². The van der Waals surface area contributed by atoms with Gasteiger partial charge in [-0.05, 0) is 25.0 Å². The van der Waals surface area contributed by atoms with Gasteiger partial charge in [-0.2, -0.15) is 0 Å². The minimum atomic E-state index is -3.69. The Morgan fingerprint density at radius 3 is 2.05 bits per heavy atom. The maximum Gasteiger partial charge on any atom is 0.314 e. The van der Waals surface area contributed by atoms with Gasteiger partial charge in [0.05, 0.1) is 19.6 Å². The lowest BCUT2D eigenvalue weighted by atomic mass is 9.78. The smallest absolute Gasteiger partial charge is 0.314 e. The van der Waals surface area contributed by atoms with Crippen LogP contribution in [0.4, 0.5) is 0 Å². The molecule has 0 aliphatic heterocycles. The van der Waals surface area contributed by atoms with E-state index in [1.807, 2.05) is 0 Å². The summed E-state index contributed by atoms with van der Waals surface area (Å²) in [5, 5.41) is 9.80. The summed E-state index contributed by atoms with van der Waals surface area (Å²) in [5.74, 6) is -0.613. The van der Waals surface area contributed by atoms with Gasteiger partial charge < -0.3 is 14.6 Å². The van der Waals surface area contributed by atoms with E-state index in [0.717, 1.165) is 19.1 Å². The summed E-state index contributed by atoms with van der Waals surface area (Å²) >= 11 is 0. The molecule has 22 heavy (non-hydrogen) atoms. The SMILES string of the molecule is COc1ccc(OC)c(S(C)(=O)=O)c1C1(C(=O)O)CCCC1. The molecule has 0 bridgehead atoms. The second-order valence-corrected chi connectivity index (χ2v) is 7.49. The summed E-state index contributed by atoms with van der Waals surface area (Å²) in [7, 11) is -0.918. The van der Waals surface area contributed by atoms with E-state index in [9.17, 15) is 18.3 Å². The van der Waals surface area contributed by atoms with E-state index >= 15 is 0 Å². The highest BCUT2D eigenvalue weighted by molar-refractivity contribution is 7.90. The predicted molar refractivity (Wildman–Crippen MR) is 80.4 cm³/mol. The van der Waals surface area contributed by atoms with Gasteiger partial charge >= 0.3 is 5.97 Å². The molecule has 0 radical (unpaired) electrons. The van der Waals surface area contributed by atoms with Crippen LogP contribution >= 0.6 is 0 Å². The van der Waals surface area contributed by atoms with E-state index in [1.165, 1.54) is 20.3 Å². The number of carbonyl (C=O) groups is 1. The van der Waals surface area contributed by atoms with Crippen LogP contribution in [0.3, 0.4) is 0 Å². The molecule has 0 saturated heterocycles. The molecular weight excluding hydrogens is 308 g/mol. The molecule has 6 nitrogen and oxygen atoms in total. The molecule has 1 N–H and O–H groups in total. The van der Waals surface area contributed by atoms with Crippen LogP contribution in [0.2, 0.25) is 0 Å². The van der Waals surface area contributed by atoms with Crippen LogP contribution in [0.5, 0.6) is 11.5 Å². The maximum absolute atomic E-state index is 12.3. The molecule has 2 rings (SSSR count). The Balaban J connectivity index is 2.91. The minimum absolute atomic E-state index is 0.0846. The molecule has 1 aromatic rings. The Labute approximate surface area is 130 Å². The second kappa shape index (κ2) is 5.79. The van der Waals surface area contributed by atoms with Gasteiger partial charge in [-0.1, -0.05) is 12.8 Å². The van der Waals surface area contributed by atoms with Gasteiger partial charge in [0.25, 0.3) is 0 Å². The molecule has 1 aliphatic carbocycles. The third-order valence-electron chi connectivity index (χ3n) is 4.24. The molecule has 122 valence electrons. The summed E-state index contributed by atoms with van der Waals surface area (Å²) in [6.07, 6.45) is 3.28. The number of carboxylic acid groups (broad SMARTS) is 1.